The van der Waals surface area contributed by atoms with Crippen LogP contribution in [0.25, 0.3) is 22.2 Å². The Bertz CT molecular complexity index is 1930. The highest BCUT2D eigenvalue weighted by atomic mass is 32.7. The lowest BCUT2D eigenvalue weighted by molar-refractivity contribution is -0.0556. The number of ether oxygens (including phenoxy) is 2. The Hall–Kier alpha value is -2.51. The molecule has 0 spiro atoms. The van der Waals surface area contributed by atoms with E-state index in [0.29, 0.717) is 11.0 Å². The van der Waals surface area contributed by atoms with Crippen molar-refractivity contribution in [2.24, 2.45) is 0 Å². The Labute approximate surface area is 250 Å². The molecule has 0 aliphatic carbocycles. The summed E-state index contributed by atoms with van der Waals surface area (Å²) in [6.07, 6.45) is -0.790. The molecule has 4 aromatic heterocycles. The molecule has 22 heteroatoms. The second-order valence-electron chi connectivity index (χ2n) is 10.0. The molecule has 2 bridgehead atoms. The van der Waals surface area contributed by atoms with Gasteiger partial charge in [-0.2, -0.15) is 4.98 Å². The Morgan fingerprint density at radius 1 is 0.930 bits per heavy atom. The maximum absolute atomic E-state index is 13.5. The van der Waals surface area contributed by atoms with Crippen LogP contribution in [-0.4, -0.2) is 71.7 Å². The first-order chi connectivity index (χ1) is 20.5. The van der Waals surface area contributed by atoms with Crippen molar-refractivity contribution in [2.45, 2.75) is 49.7 Å². The summed E-state index contributed by atoms with van der Waals surface area (Å²) in [4.78, 5) is 41.8. The van der Waals surface area contributed by atoms with E-state index in [0.717, 1.165) is 0 Å². The van der Waals surface area contributed by atoms with Crippen LogP contribution in [0.15, 0.2) is 34.5 Å². The molecule has 8 atom stereocenters. The van der Waals surface area contributed by atoms with Crippen LogP contribution in [0.5, 0.6) is 0 Å². The summed E-state index contributed by atoms with van der Waals surface area (Å²) in [5.74, 6) is -0.145. The Kier molecular flexibility index (Phi) is 7.36. The highest BCUT2D eigenvalue weighted by Gasteiger charge is 2.46. The van der Waals surface area contributed by atoms with Crippen LogP contribution in [0.1, 0.15) is 25.3 Å². The fourth-order valence-corrected chi connectivity index (χ4v) is 8.42. The minimum absolute atomic E-state index is 0.00141. The van der Waals surface area contributed by atoms with Gasteiger partial charge in [0, 0.05) is 19.0 Å². The second kappa shape index (κ2) is 10.8. The van der Waals surface area contributed by atoms with Crippen LogP contribution in [0, 0.1) is 0 Å². The van der Waals surface area contributed by atoms with Crippen LogP contribution < -0.4 is 16.9 Å². The molecule has 0 radical (unpaired) electrons. The van der Waals surface area contributed by atoms with Gasteiger partial charge in [-0.25, -0.2) is 19.1 Å². The number of H-pyrrole nitrogens is 2. The molecular weight excluding hydrogens is 650 g/mol. The standard InChI is InChI=1S/C21H24N8O10P2S2/c22-21-26-17-15(19(31)27-21)25-8-29(17)20-12-3-9(36-20)5-34-40(32,42)38-11-4-14(37-13(11)6-35-41(33,43)39-12)28-2-1-10-16(28)23-7-24-18(10)30/h1-2,7-9,11-14,20H,3-6H2,(H,32,42)(H,33,43)(H,23,24,30)(H3,22,26,27,31)/t9-,11-,12+,13+,14+,20+,40+,41+/m0/s1. The van der Waals surface area contributed by atoms with Gasteiger partial charge in [0.25, 0.3) is 11.1 Å². The number of aromatic nitrogens is 7. The lowest BCUT2D eigenvalue weighted by atomic mass is 10.2. The summed E-state index contributed by atoms with van der Waals surface area (Å²) in [6, 6.07) is 1.59. The first-order valence-corrected chi connectivity index (χ1v) is 18.2. The van der Waals surface area contributed by atoms with Gasteiger partial charge in [-0.15, -0.1) is 0 Å². The number of nitrogens with two attached hydrogens (primary N) is 1. The van der Waals surface area contributed by atoms with Gasteiger partial charge in [-0.1, -0.05) is 24.5 Å². The van der Waals surface area contributed by atoms with Crippen molar-refractivity contribution in [3.63, 3.8) is 0 Å². The Morgan fingerprint density at radius 2 is 1.70 bits per heavy atom. The van der Waals surface area contributed by atoms with Crippen molar-refractivity contribution in [3.05, 3.63) is 45.6 Å². The normalized spacial score (nSPS) is 35.4. The molecule has 0 aromatic carbocycles. The third-order valence-electron chi connectivity index (χ3n) is 7.24. The summed E-state index contributed by atoms with van der Waals surface area (Å²) in [5, 5.41) is 0.347. The first-order valence-electron chi connectivity index (χ1n) is 12.9. The highest BCUT2D eigenvalue weighted by Crippen LogP contribution is 2.60. The zero-order chi connectivity index (χ0) is 30.1. The van der Waals surface area contributed by atoms with Gasteiger partial charge in [0.05, 0.1) is 37.4 Å². The number of nitrogens with zero attached hydrogens (tertiary/aromatic N) is 5. The Balaban J connectivity index is 1.17. The van der Waals surface area contributed by atoms with E-state index in [1.807, 2.05) is 0 Å². The molecule has 18 nitrogen and oxygen atoms in total. The smallest absolute Gasteiger partial charge is 0.369 e. The van der Waals surface area contributed by atoms with Gasteiger partial charge in [-0.3, -0.25) is 37.2 Å². The average Bonchev–Trinajstić information content (AvgIpc) is 3.71. The lowest BCUT2D eigenvalue weighted by Crippen LogP contribution is -2.28. The number of hydrogen-bond acceptors (Lipinski definition) is 14. The molecule has 0 amide bonds. The number of nitrogen functional groups attached to an aromatic ring is 1. The van der Waals surface area contributed by atoms with Crippen molar-refractivity contribution in [1.29, 1.82) is 0 Å². The quantitative estimate of drug-likeness (QED) is 0.151. The fraction of sp³-hybridized carbons (Fsp3) is 0.476. The third-order valence-corrected chi connectivity index (χ3v) is 10.5. The number of nitrogens with one attached hydrogen (secondary N) is 2. The van der Waals surface area contributed by atoms with Crippen molar-refractivity contribution in [1.82, 2.24) is 34.1 Å². The number of thiol groups is 2. The van der Waals surface area contributed by atoms with Crippen molar-refractivity contribution in [2.75, 3.05) is 18.9 Å². The van der Waals surface area contributed by atoms with E-state index < -0.39 is 56.0 Å². The van der Waals surface area contributed by atoms with Gasteiger partial charge >= 0.3 is 13.6 Å². The highest BCUT2D eigenvalue weighted by molar-refractivity contribution is 8.44. The topological polar surface area (TPSA) is 230 Å². The molecule has 3 saturated heterocycles. The monoisotopic (exact) mass is 674 g/mol. The molecule has 43 heavy (non-hydrogen) atoms. The van der Waals surface area contributed by atoms with E-state index in [1.54, 1.807) is 16.8 Å². The van der Waals surface area contributed by atoms with Crippen LogP contribution >= 0.6 is 38.1 Å². The molecule has 7 rings (SSSR count). The minimum Gasteiger partial charge on any atom is -0.369 e. The molecule has 0 saturated carbocycles. The van der Waals surface area contributed by atoms with Crippen LogP contribution in [0.3, 0.4) is 0 Å². The van der Waals surface area contributed by atoms with Gasteiger partial charge in [0.2, 0.25) is 5.95 Å². The number of rotatable bonds is 2. The molecule has 3 aliphatic heterocycles. The molecule has 0 unspecified atom stereocenters. The molecule has 230 valence electrons. The van der Waals surface area contributed by atoms with Gasteiger partial charge < -0.3 is 24.8 Å². The number of imidazole rings is 1. The molecule has 4 aromatic rings. The summed E-state index contributed by atoms with van der Waals surface area (Å²) >= 11 is 8.34. The number of anilines is 1. The first kappa shape index (κ1) is 29.2. The Morgan fingerprint density at radius 3 is 2.51 bits per heavy atom. The SMILES string of the molecule is Nc1nc2c(ncn2[C@@H]2O[C@@H]3CO[P@@](=O)(S)O[C@H]4C[C@H](n5ccc6c(=O)[nH]cnc65)O[C@@H]4CO[P@@](=O)(S)O[C@@H]2C3)c(=O)[nH]1. The summed E-state index contributed by atoms with van der Waals surface area (Å²) in [5.41, 5.74) is 5.30. The number of fused-ring (bicyclic) bond motifs is 5. The largest absolute Gasteiger partial charge is 0.386 e. The predicted octanol–water partition coefficient (Wildman–Crippen LogP) is 1.91. The van der Waals surface area contributed by atoms with Gasteiger partial charge in [-0.05, 0) is 6.07 Å². The zero-order valence-electron chi connectivity index (χ0n) is 21.8. The molecular formula is C21H24N8O10P2S2. The second-order valence-corrected chi connectivity index (χ2v) is 15.8. The van der Waals surface area contributed by atoms with Crippen molar-refractivity contribution < 1.29 is 36.7 Å². The summed E-state index contributed by atoms with van der Waals surface area (Å²) in [6.45, 7) is -8.67. The maximum atomic E-state index is 13.5. The van der Waals surface area contributed by atoms with Gasteiger partial charge in [0.15, 0.2) is 17.4 Å². The maximum Gasteiger partial charge on any atom is 0.386 e. The van der Waals surface area contributed by atoms with Crippen molar-refractivity contribution >= 4 is 66.2 Å². The van der Waals surface area contributed by atoms with E-state index in [2.05, 4.69) is 49.4 Å². The van der Waals surface area contributed by atoms with Crippen LogP contribution in [0.2, 0.25) is 0 Å². The predicted molar refractivity (Wildman–Crippen MR) is 155 cm³/mol. The van der Waals surface area contributed by atoms with E-state index in [1.165, 1.54) is 17.2 Å². The summed E-state index contributed by atoms with van der Waals surface area (Å²) < 4.78 is 64.9. The van der Waals surface area contributed by atoms with Gasteiger partial charge in [0.1, 0.15) is 30.2 Å². The third kappa shape index (κ3) is 5.61. The van der Waals surface area contributed by atoms with E-state index in [-0.39, 0.29) is 48.7 Å². The number of aromatic amines is 2. The molecule has 7 heterocycles. The van der Waals surface area contributed by atoms with Crippen LogP contribution in [-0.2, 0) is 36.7 Å². The lowest BCUT2D eigenvalue weighted by Gasteiger charge is -2.26. The van der Waals surface area contributed by atoms with E-state index >= 15 is 0 Å². The zero-order valence-corrected chi connectivity index (χ0v) is 25.4. The minimum atomic E-state index is -4.09. The molecule has 4 N–H and O–H groups in total. The fourth-order valence-electron chi connectivity index (χ4n) is 5.39. The van der Waals surface area contributed by atoms with E-state index in [4.69, 9.17) is 33.3 Å². The molecule has 3 aliphatic rings. The summed E-state index contributed by atoms with van der Waals surface area (Å²) in [7, 11) is 0. The van der Waals surface area contributed by atoms with Crippen molar-refractivity contribution in [3.8, 4) is 0 Å². The van der Waals surface area contributed by atoms with Crippen LogP contribution in [0.4, 0.5) is 5.95 Å². The van der Waals surface area contributed by atoms with E-state index in [9.17, 15) is 18.7 Å². The average molecular weight is 675 g/mol. The molecule has 3 fully saturated rings. The number of hydrogen-bond donors (Lipinski definition) is 5.